The van der Waals surface area contributed by atoms with E-state index in [1.807, 2.05) is 60.7 Å². The molecule has 0 aliphatic carbocycles. The van der Waals surface area contributed by atoms with E-state index in [1.165, 1.54) is 0 Å². The zero-order valence-electron chi connectivity index (χ0n) is 14.3. The van der Waals surface area contributed by atoms with Crippen molar-refractivity contribution in [2.24, 2.45) is 0 Å². The number of para-hydroxylation sites is 1. The molecule has 132 valence electrons. The van der Waals surface area contributed by atoms with Crippen LogP contribution >= 0.6 is 0 Å². The van der Waals surface area contributed by atoms with Gasteiger partial charge in [-0.15, -0.1) is 0 Å². The van der Waals surface area contributed by atoms with Crippen molar-refractivity contribution in [1.29, 1.82) is 0 Å². The minimum absolute atomic E-state index is 0.164. The summed E-state index contributed by atoms with van der Waals surface area (Å²) in [6.45, 7) is 2.80. The normalized spacial score (nSPS) is 9.96. The Morgan fingerprint density at radius 1 is 1.00 bits per heavy atom. The molecule has 0 bridgehead atoms. The third-order valence-electron chi connectivity index (χ3n) is 3.41. The summed E-state index contributed by atoms with van der Waals surface area (Å²) in [4.78, 5) is 23.4. The Labute approximate surface area is 147 Å². The van der Waals surface area contributed by atoms with E-state index in [0.717, 1.165) is 11.3 Å². The first-order chi connectivity index (χ1) is 12.2. The second kappa shape index (κ2) is 9.97. The van der Waals surface area contributed by atoms with Gasteiger partial charge in [-0.2, -0.15) is 0 Å². The Bertz CT molecular complexity index is 662. The summed E-state index contributed by atoms with van der Waals surface area (Å²) >= 11 is 0. The van der Waals surface area contributed by atoms with Crippen molar-refractivity contribution in [3.8, 4) is 0 Å². The van der Waals surface area contributed by atoms with Gasteiger partial charge in [-0.25, -0.2) is 4.79 Å². The lowest BCUT2D eigenvalue weighted by molar-refractivity contribution is -0.121. The van der Waals surface area contributed by atoms with Crippen molar-refractivity contribution >= 4 is 17.7 Å². The molecule has 2 amide bonds. The predicted octanol–water partition coefficient (Wildman–Crippen LogP) is 2.86. The number of carbonyl (C=O) groups excluding carboxylic acids is 2. The van der Waals surface area contributed by atoms with Gasteiger partial charge in [-0.1, -0.05) is 48.5 Å². The minimum atomic E-state index is -0.514. The summed E-state index contributed by atoms with van der Waals surface area (Å²) in [6.07, 6.45) is -0.351. The summed E-state index contributed by atoms with van der Waals surface area (Å²) in [5.41, 5.74) is 4.86. The highest BCUT2D eigenvalue weighted by Crippen LogP contribution is 2.14. The van der Waals surface area contributed by atoms with E-state index in [9.17, 15) is 9.59 Å². The van der Waals surface area contributed by atoms with Gasteiger partial charge < -0.3 is 10.1 Å². The maximum Gasteiger partial charge on any atom is 0.407 e. The first-order valence-electron chi connectivity index (χ1n) is 8.25. The van der Waals surface area contributed by atoms with Crippen molar-refractivity contribution in [3.63, 3.8) is 0 Å². The lowest BCUT2D eigenvalue weighted by atomic mass is 10.2. The first-order valence-corrected chi connectivity index (χ1v) is 8.25. The number of ether oxygens (including phenoxy) is 1. The van der Waals surface area contributed by atoms with Crippen LogP contribution in [-0.2, 0) is 16.1 Å². The van der Waals surface area contributed by atoms with Gasteiger partial charge in [0.05, 0.1) is 18.8 Å². The third-order valence-corrected chi connectivity index (χ3v) is 3.41. The number of rotatable bonds is 8. The van der Waals surface area contributed by atoms with Crippen molar-refractivity contribution in [1.82, 2.24) is 10.7 Å². The average Bonchev–Trinajstić information content (AvgIpc) is 2.63. The average molecular weight is 341 g/mol. The van der Waals surface area contributed by atoms with Crippen LogP contribution in [0.15, 0.2) is 60.7 Å². The van der Waals surface area contributed by atoms with Gasteiger partial charge in [0.2, 0.25) is 5.91 Å². The summed E-state index contributed by atoms with van der Waals surface area (Å²) in [6, 6.07) is 19.5. The van der Waals surface area contributed by atoms with E-state index < -0.39 is 6.09 Å². The van der Waals surface area contributed by atoms with Crippen LogP contribution in [0.1, 0.15) is 18.9 Å². The second-order valence-corrected chi connectivity index (χ2v) is 5.34. The van der Waals surface area contributed by atoms with Gasteiger partial charge in [0.1, 0.15) is 0 Å². The molecule has 6 nitrogen and oxygen atoms in total. The lowest BCUT2D eigenvalue weighted by Gasteiger charge is -2.25. The van der Waals surface area contributed by atoms with E-state index in [0.29, 0.717) is 13.2 Å². The van der Waals surface area contributed by atoms with E-state index in [4.69, 9.17) is 4.74 Å². The lowest BCUT2D eigenvalue weighted by Crippen LogP contribution is -2.43. The third kappa shape index (κ3) is 6.55. The molecule has 0 radical (unpaired) electrons. The molecule has 0 atom stereocenters. The number of alkyl carbamates (subject to hydrolysis) is 1. The fourth-order valence-electron chi connectivity index (χ4n) is 2.24. The van der Waals surface area contributed by atoms with Gasteiger partial charge in [0.25, 0.3) is 0 Å². The van der Waals surface area contributed by atoms with Crippen molar-refractivity contribution < 1.29 is 14.3 Å². The molecule has 0 fully saturated rings. The number of amides is 2. The minimum Gasteiger partial charge on any atom is -0.450 e. The van der Waals surface area contributed by atoms with Crippen LogP contribution in [0.2, 0.25) is 0 Å². The number of anilines is 1. The molecule has 0 saturated carbocycles. The molecular weight excluding hydrogens is 318 g/mol. The van der Waals surface area contributed by atoms with E-state index in [1.54, 1.807) is 11.9 Å². The highest BCUT2D eigenvalue weighted by molar-refractivity contribution is 5.78. The molecule has 2 rings (SSSR count). The quantitative estimate of drug-likeness (QED) is 0.724. The number of hydrogen-bond donors (Lipinski definition) is 2. The Morgan fingerprint density at radius 3 is 2.28 bits per heavy atom. The topological polar surface area (TPSA) is 70.7 Å². The molecule has 6 heteroatoms. The second-order valence-electron chi connectivity index (χ2n) is 5.34. The van der Waals surface area contributed by atoms with Gasteiger partial charge in [-0.05, 0) is 24.6 Å². The van der Waals surface area contributed by atoms with Crippen molar-refractivity contribution in [2.45, 2.75) is 19.9 Å². The number of hydrogen-bond acceptors (Lipinski definition) is 4. The number of nitrogens with zero attached hydrogens (tertiary/aromatic N) is 1. The van der Waals surface area contributed by atoms with Gasteiger partial charge >= 0.3 is 6.09 Å². The standard InChI is InChI=1S/C19H23N3O3/c1-2-25-19(24)20-14-13-18(23)21-22(17-11-7-4-8-12-17)15-16-9-5-3-6-10-16/h3-12H,2,13-15H2,1H3,(H,20,24)(H,21,23). The van der Waals surface area contributed by atoms with Crippen molar-refractivity contribution in [2.75, 3.05) is 18.2 Å². The number of benzene rings is 2. The van der Waals surface area contributed by atoms with Crippen LogP contribution in [0.25, 0.3) is 0 Å². The molecule has 0 saturated heterocycles. The van der Waals surface area contributed by atoms with Crippen LogP contribution in [-0.4, -0.2) is 25.2 Å². The fraction of sp³-hybridized carbons (Fsp3) is 0.263. The molecule has 0 unspecified atom stereocenters. The smallest absolute Gasteiger partial charge is 0.407 e. The van der Waals surface area contributed by atoms with Gasteiger partial charge in [0, 0.05) is 13.0 Å². The van der Waals surface area contributed by atoms with Crippen LogP contribution in [0.4, 0.5) is 10.5 Å². The molecule has 0 aromatic heterocycles. The van der Waals surface area contributed by atoms with Gasteiger partial charge in [-0.3, -0.25) is 15.2 Å². The molecule has 2 aromatic carbocycles. The molecule has 2 N–H and O–H groups in total. The molecule has 0 aliphatic rings. The molecule has 25 heavy (non-hydrogen) atoms. The molecular formula is C19H23N3O3. The predicted molar refractivity (Wildman–Crippen MR) is 96.9 cm³/mol. The highest BCUT2D eigenvalue weighted by atomic mass is 16.5. The SMILES string of the molecule is CCOC(=O)NCCC(=O)NN(Cc1ccccc1)c1ccccc1. The number of nitrogens with one attached hydrogen (secondary N) is 2. The Kier molecular flexibility index (Phi) is 7.31. The number of hydrazine groups is 1. The maximum absolute atomic E-state index is 12.2. The summed E-state index contributed by atoms with van der Waals surface area (Å²) in [5.74, 6) is -0.184. The zero-order valence-corrected chi connectivity index (χ0v) is 14.3. The Balaban J connectivity index is 1.94. The van der Waals surface area contributed by atoms with Crippen molar-refractivity contribution in [3.05, 3.63) is 66.2 Å². The zero-order chi connectivity index (χ0) is 17.9. The number of carbonyl (C=O) groups is 2. The summed E-state index contributed by atoms with van der Waals surface area (Å²) < 4.78 is 4.76. The molecule has 0 heterocycles. The molecule has 0 spiro atoms. The van der Waals surface area contributed by atoms with E-state index in [-0.39, 0.29) is 18.9 Å². The van der Waals surface area contributed by atoms with Crippen LogP contribution in [0.5, 0.6) is 0 Å². The summed E-state index contributed by atoms with van der Waals surface area (Å²) in [5, 5.41) is 4.33. The van der Waals surface area contributed by atoms with Crippen LogP contribution < -0.4 is 15.8 Å². The van der Waals surface area contributed by atoms with Crippen LogP contribution in [0, 0.1) is 0 Å². The first kappa shape index (κ1) is 18.3. The maximum atomic E-state index is 12.2. The summed E-state index contributed by atoms with van der Waals surface area (Å²) in [7, 11) is 0. The molecule has 2 aromatic rings. The Hall–Kier alpha value is -3.02. The van der Waals surface area contributed by atoms with Gasteiger partial charge in [0.15, 0.2) is 0 Å². The van der Waals surface area contributed by atoms with E-state index >= 15 is 0 Å². The highest BCUT2D eigenvalue weighted by Gasteiger charge is 2.11. The Morgan fingerprint density at radius 2 is 1.64 bits per heavy atom. The van der Waals surface area contributed by atoms with Crippen LogP contribution in [0.3, 0.4) is 0 Å². The monoisotopic (exact) mass is 341 g/mol. The largest absolute Gasteiger partial charge is 0.450 e. The molecule has 0 aliphatic heterocycles. The fourth-order valence-corrected chi connectivity index (χ4v) is 2.24. The van der Waals surface area contributed by atoms with E-state index in [2.05, 4.69) is 10.7 Å².